The predicted molar refractivity (Wildman–Crippen MR) is 133 cm³/mol. The van der Waals surface area contributed by atoms with E-state index in [4.69, 9.17) is 4.74 Å². The number of allylic oxidation sites excluding steroid dienone is 1. The first kappa shape index (κ1) is 22.8. The fourth-order valence-electron chi connectivity index (χ4n) is 4.20. The molecule has 33 heavy (non-hydrogen) atoms. The van der Waals surface area contributed by atoms with Crippen molar-refractivity contribution in [2.24, 2.45) is 0 Å². The van der Waals surface area contributed by atoms with Gasteiger partial charge in [-0.2, -0.15) is 0 Å². The Labute approximate surface area is 196 Å². The number of aromatic hydroxyl groups is 1. The molecule has 0 aromatic heterocycles. The van der Waals surface area contributed by atoms with Crippen LogP contribution in [0.5, 0.6) is 11.5 Å². The van der Waals surface area contributed by atoms with Crippen LogP contribution in [0.2, 0.25) is 0 Å². The molecular weight excluding hydrogens is 410 g/mol. The van der Waals surface area contributed by atoms with Crippen molar-refractivity contribution in [3.63, 3.8) is 0 Å². The second-order valence-electron chi connectivity index (χ2n) is 8.49. The smallest absolute Gasteiger partial charge is 0.189 e. The van der Waals surface area contributed by atoms with Gasteiger partial charge in [0.25, 0.3) is 0 Å². The molecule has 4 nitrogen and oxygen atoms in total. The second-order valence-corrected chi connectivity index (χ2v) is 8.49. The Bertz CT molecular complexity index is 1110. The average Bonchev–Trinajstić information content (AvgIpc) is 2.85. The molecule has 3 aromatic carbocycles. The Morgan fingerprint density at radius 3 is 2.64 bits per heavy atom. The number of hydrogen-bond acceptors (Lipinski definition) is 4. The Morgan fingerprint density at radius 2 is 1.76 bits per heavy atom. The van der Waals surface area contributed by atoms with E-state index in [-0.39, 0.29) is 11.5 Å². The largest absolute Gasteiger partial charge is 0.507 e. The maximum absolute atomic E-state index is 12.3. The van der Waals surface area contributed by atoms with Gasteiger partial charge in [-0.05, 0) is 79.3 Å². The Hall–Kier alpha value is -3.37. The van der Waals surface area contributed by atoms with Gasteiger partial charge in [0.1, 0.15) is 11.5 Å². The summed E-state index contributed by atoms with van der Waals surface area (Å²) in [5, 5.41) is 9.82. The van der Waals surface area contributed by atoms with Crippen molar-refractivity contribution in [1.29, 1.82) is 0 Å². The molecule has 1 aliphatic heterocycles. The minimum atomic E-state index is -0.225. The number of nitrogens with zero attached hydrogens (tertiary/aromatic N) is 1. The Morgan fingerprint density at radius 1 is 0.939 bits per heavy atom. The number of benzene rings is 3. The quantitative estimate of drug-likeness (QED) is 0.242. The maximum Gasteiger partial charge on any atom is 0.189 e. The fraction of sp³-hybridized carbons (Fsp3) is 0.276. The van der Waals surface area contributed by atoms with Gasteiger partial charge in [-0.3, -0.25) is 9.69 Å². The number of phenols is 1. The lowest BCUT2D eigenvalue weighted by atomic mass is 10.00. The van der Waals surface area contributed by atoms with Crippen molar-refractivity contribution < 1.29 is 14.6 Å². The van der Waals surface area contributed by atoms with Crippen molar-refractivity contribution in [3.05, 3.63) is 101 Å². The molecular formula is C29H31NO3. The Kier molecular flexibility index (Phi) is 7.94. The number of carbonyl (C=O) groups is 1. The molecule has 0 radical (unpaired) electrons. The van der Waals surface area contributed by atoms with E-state index in [0.29, 0.717) is 12.2 Å². The van der Waals surface area contributed by atoms with Crippen LogP contribution in [0.15, 0.2) is 78.9 Å². The second kappa shape index (κ2) is 11.5. The number of carbonyl (C=O) groups excluding carboxylic acids is 1. The lowest BCUT2D eigenvalue weighted by Gasteiger charge is -2.28. The van der Waals surface area contributed by atoms with Gasteiger partial charge in [-0.15, -0.1) is 0 Å². The summed E-state index contributed by atoms with van der Waals surface area (Å²) in [6.45, 7) is 4.05. The van der Waals surface area contributed by atoms with Crippen molar-refractivity contribution in [3.8, 4) is 11.5 Å². The van der Waals surface area contributed by atoms with Gasteiger partial charge in [0, 0.05) is 13.1 Å². The lowest BCUT2D eigenvalue weighted by molar-refractivity contribution is 0.104. The molecule has 1 aliphatic rings. The van der Waals surface area contributed by atoms with Gasteiger partial charge in [0.15, 0.2) is 5.78 Å². The Balaban J connectivity index is 1.17. The summed E-state index contributed by atoms with van der Waals surface area (Å²) in [6, 6.07) is 23.1. The van der Waals surface area contributed by atoms with Crippen LogP contribution >= 0.6 is 0 Å². The molecule has 0 unspecified atom stereocenters. The van der Waals surface area contributed by atoms with E-state index in [9.17, 15) is 9.90 Å². The number of phenolic OH excluding ortho intramolecular Hbond substituents is 1. The van der Waals surface area contributed by atoms with Gasteiger partial charge in [-0.1, -0.05) is 54.6 Å². The molecule has 0 aliphatic carbocycles. The normalized spacial score (nSPS) is 13.7. The molecule has 0 atom stereocenters. The number of fused-ring (bicyclic) bond motifs is 1. The van der Waals surface area contributed by atoms with Gasteiger partial charge in [-0.25, -0.2) is 0 Å². The topological polar surface area (TPSA) is 49.8 Å². The van der Waals surface area contributed by atoms with E-state index in [1.54, 1.807) is 24.3 Å². The molecule has 0 fully saturated rings. The predicted octanol–water partition coefficient (Wildman–Crippen LogP) is 5.90. The standard InChI is InChI=1S/C29H31NO3/c31-28-14-5-4-13-27(28)29(32)16-15-23-9-8-12-26(21-23)33-20-7-1-6-18-30-19-17-24-10-2-3-11-25(24)22-30/h2-5,8-16,21,31H,1,6-7,17-20,22H2/b16-15+. The molecule has 3 aromatic rings. The number of ether oxygens (including phenoxy) is 1. The summed E-state index contributed by atoms with van der Waals surface area (Å²) in [7, 11) is 0. The minimum absolute atomic E-state index is 0.00524. The van der Waals surface area contributed by atoms with E-state index in [1.165, 1.54) is 29.7 Å². The molecule has 1 heterocycles. The molecule has 0 amide bonds. The highest BCUT2D eigenvalue weighted by atomic mass is 16.5. The van der Waals surface area contributed by atoms with Crippen molar-refractivity contribution >= 4 is 11.9 Å². The molecule has 4 rings (SSSR count). The highest BCUT2D eigenvalue weighted by molar-refractivity contribution is 6.08. The highest BCUT2D eigenvalue weighted by Gasteiger charge is 2.14. The maximum atomic E-state index is 12.3. The van der Waals surface area contributed by atoms with E-state index in [2.05, 4.69) is 29.2 Å². The first-order valence-corrected chi connectivity index (χ1v) is 11.7. The summed E-state index contributed by atoms with van der Waals surface area (Å²) >= 11 is 0. The number of rotatable bonds is 10. The third kappa shape index (κ3) is 6.56. The number of unbranched alkanes of at least 4 members (excludes halogenated alkanes) is 2. The monoisotopic (exact) mass is 441 g/mol. The van der Waals surface area contributed by atoms with E-state index >= 15 is 0 Å². The van der Waals surface area contributed by atoms with E-state index < -0.39 is 0 Å². The van der Waals surface area contributed by atoms with E-state index in [1.807, 2.05) is 24.3 Å². The SMILES string of the molecule is O=C(/C=C/c1cccc(OCCCCCN2CCc3ccccc3C2)c1)c1ccccc1O. The van der Waals surface area contributed by atoms with Gasteiger partial charge >= 0.3 is 0 Å². The average molecular weight is 442 g/mol. The van der Waals surface area contributed by atoms with Crippen molar-refractivity contribution in [2.75, 3.05) is 19.7 Å². The molecule has 170 valence electrons. The molecule has 0 bridgehead atoms. The van der Waals surface area contributed by atoms with Crippen LogP contribution in [0.4, 0.5) is 0 Å². The van der Waals surface area contributed by atoms with Crippen molar-refractivity contribution in [1.82, 2.24) is 4.90 Å². The summed E-state index contributed by atoms with van der Waals surface area (Å²) in [6.07, 6.45) is 7.74. The first-order valence-electron chi connectivity index (χ1n) is 11.7. The zero-order chi connectivity index (χ0) is 22.9. The summed E-state index contributed by atoms with van der Waals surface area (Å²) in [5.41, 5.74) is 4.17. The lowest BCUT2D eigenvalue weighted by Crippen LogP contribution is -2.31. The number of para-hydroxylation sites is 1. The van der Waals surface area contributed by atoms with Gasteiger partial charge in [0.05, 0.1) is 12.2 Å². The number of ketones is 1. The molecule has 0 saturated heterocycles. The third-order valence-electron chi connectivity index (χ3n) is 6.05. The van der Waals surface area contributed by atoms with Crippen LogP contribution in [0, 0.1) is 0 Å². The fourth-order valence-corrected chi connectivity index (χ4v) is 4.20. The van der Waals surface area contributed by atoms with Crippen LogP contribution in [-0.2, 0) is 13.0 Å². The molecule has 0 spiro atoms. The number of hydrogen-bond donors (Lipinski definition) is 1. The third-order valence-corrected chi connectivity index (χ3v) is 6.05. The summed E-state index contributed by atoms with van der Waals surface area (Å²) < 4.78 is 5.92. The van der Waals surface area contributed by atoms with Gasteiger partial charge in [0.2, 0.25) is 0 Å². The zero-order valence-electron chi connectivity index (χ0n) is 19.0. The summed E-state index contributed by atoms with van der Waals surface area (Å²) in [4.78, 5) is 14.8. The van der Waals surface area contributed by atoms with Gasteiger partial charge < -0.3 is 9.84 Å². The molecule has 1 N–H and O–H groups in total. The van der Waals surface area contributed by atoms with Crippen LogP contribution in [0.1, 0.15) is 46.3 Å². The van der Waals surface area contributed by atoms with Crippen LogP contribution in [0.25, 0.3) is 6.08 Å². The van der Waals surface area contributed by atoms with Crippen LogP contribution < -0.4 is 4.74 Å². The van der Waals surface area contributed by atoms with Crippen LogP contribution in [-0.4, -0.2) is 35.5 Å². The molecule has 0 saturated carbocycles. The summed E-state index contributed by atoms with van der Waals surface area (Å²) in [5.74, 6) is 0.575. The first-order chi connectivity index (χ1) is 16.2. The highest BCUT2D eigenvalue weighted by Crippen LogP contribution is 2.20. The van der Waals surface area contributed by atoms with Crippen LogP contribution in [0.3, 0.4) is 0 Å². The minimum Gasteiger partial charge on any atom is -0.507 e. The zero-order valence-corrected chi connectivity index (χ0v) is 19.0. The van der Waals surface area contributed by atoms with E-state index in [0.717, 1.165) is 50.2 Å². The van der Waals surface area contributed by atoms with Crippen molar-refractivity contribution in [2.45, 2.75) is 32.2 Å². The molecule has 4 heteroatoms.